The van der Waals surface area contributed by atoms with E-state index in [9.17, 15) is 13.2 Å². The molecule has 9 nitrogen and oxygen atoms in total. The second-order valence-corrected chi connectivity index (χ2v) is 9.60. The summed E-state index contributed by atoms with van der Waals surface area (Å²) in [6.45, 7) is 3.35. The molecule has 1 aromatic heterocycles. The number of aromatic nitrogens is 1. The van der Waals surface area contributed by atoms with Crippen LogP contribution in [-0.2, 0) is 14.8 Å². The number of anilines is 2. The number of nitrogens with one attached hydrogen (secondary N) is 3. The number of ether oxygens (including phenoxy) is 1. The standard InChI is InChI=1S/C20H19BrN4O5S2/c1-12-9-15(5-8-17(12)21)29-11-19(26)23-20(31)22-14-3-6-16(7-4-14)32(27,28)25-18-10-13(2)30-24-18/h3-10H,11H2,1-2H3,(H,24,25)(H2,22,23,26,31). The van der Waals surface area contributed by atoms with E-state index in [1.54, 1.807) is 13.0 Å². The molecular weight excluding hydrogens is 520 g/mol. The van der Waals surface area contributed by atoms with Crippen LogP contribution in [0.2, 0.25) is 0 Å². The summed E-state index contributed by atoms with van der Waals surface area (Å²) in [6, 6.07) is 12.7. The van der Waals surface area contributed by atoms with Crippen molar-refractivity contribution in [2.45, 2.75) is 18.7 Å². The second-order valence-electron chi connectivity index (χ2n) is 6.65. The van der Waals surface area contributed by atoms with Gasteiger partial charge in [-0.25, -0.2) is 8.42 Å². The molecule has 0 bridgehead atoms. The van der Waals surface area contributed by atoms with Crippen molar-refractivity contribution in [2.24, 2.45) is 0 Å². The van der Waals surface area contributed by atoms with Crippen molar-refractivity contribution in [3.8, 4) is 5.75 Å². The fraction of sp³-hybridized carbons (Fsp3) is 0.150. The lowest BCUT2D eigenvalue weighted by Gasteiger charge is -2.11. The van der Waals surface area contributed by atoms with Gasteiger partial charge in [-0.05, 0) is 74.1 Å². The number of carbonyl (C=O) groups is 1. The van der Waals surface area contributed by atoms with Gasteiger partial charge in [-0.3, -0.25) is 14.8 Å². The van der Waals surface area contributed by atoms with E-state index in [1.165, 1.54) is 30.3 Å². The molecule has 2 aromatic carbocycles. The van der Waals surface area contributed by atoms with Gasteiger partial charge in [0.2, 0.25) is 0 Å². The van der Waals surface area contributed by atoms with Crippen LogP contribution in [0.4, 0.5) is 11.5 Å². The summed E-state index contributed by atoms with van der Waals surface area (Å²) in [5.41, 5.74) is 1.48. The Morgan fingerprint density at radius 2 is 1.88 bits per heavy atom. The third kappa shape index (κ3) is 6.52. The highest BCUT2D eigenvalue weighted by atomic mass is 79.9. The number of aryl methyl sites for hydroxylation is 2. The summed E-state index contributed by atoms with van der Waals surface area (Å²) in [7, 11) is -3.83. The summed E-state index contributed by atoms with van der Waals surface area (Å²) >= 11 is 8.52. The molecular formula is C20H19BrN4O5S2. The first kappa shape index (κ1) is 23.7. The summed E-state index contributed by atoms with van der Waals surface area (Å²) < 4.78 is 38.4. The zero-order valence-corrected chi connectivity index (χ0v) is 20.2. The fourth-order valence-corrected chi connectivity index (χ4v) is 3.97. The SMILES string of the molecule is Cc1cc(NS(=O)(=O)c2ccc(NC(=S)NC(=O)COc3ccc(Br)c(C)c3)cc2)no1. The monoisotopic (exact) mass is 538 g/mol. The number of benzene rings is 2. The predicted molar refractivity (Wildman–Crippen MR) is 127 cm³/mol. The van der Waals surface area contributed by atoms with E-state index in [-0.39, 0.29) is 22.4 Å². The second kappa shape index (κ2) is 10.1. The summed E-state index contributed by atoms with van der Waals surface area (Å²) in [5.74, 6) is 0.699. The van der Waals surface area contributed by atoms with Gasteiger partial charge in [-0.1, -0.05) is 21.1 Å². The number of hydrogen-bond acceptors (Lipinski definition) is 7. The van der Waals surface area contributed by atoms with Crippen LogP contribution in [0.5, 0.6) is 5.75 Å². The minimum absolute atomic E-state index is 0.0249. The van der Waals surface area contributed by atoms with Crippen molar-refractivity contribution in [2.75, 3.05) is 16.6 Å². The first-order valence-corrected chi connectivity index (χ1v) is 11.9. The lowest BCUT2D eigenvalue weighted by Crippen LogP contribution is -2.37. The Kier molecular flexibility index (Phi) is 7.48. The number of carbonyl (C=O) groups excluding carboxylic acids is 1. The van der Waals surface area contributed by atoms with Crippen LogP contribution in [0.15, 0.2) is 62.4 Å². The molecule has 0 radical (unpaired) electrons. The van der Waals surface area contributed by atoms with Gasteiger partial charge in [0.25, 0.3) is 15.9 Å². The Labute approximate surface area is 198 Å². The lowest BCUT2D eigenvalue weighted by atomic mass is 10.2. The molecule has 3 rings (SSSR count). The summed E-state index contributed by atoms with van der Waals surface area (Å²) in [5, 5.41) is 8.98. The molecule has 12 heteroatoms. The number of amides is 1. The van der Waals surface area contributed by atoms with E-state index in [2.05, 4.69) is 36.4 Å². The smallest absolute Gasteiger partial charge is 0.264 e. The van der Waals surface area contributed by atoms with Gasteiger partial charge >= 0.3 is 0 Å². The van der Waals surface area contributed by atoms with Crippen LogP contribution in [0, 0.1) is 13.8 Å². The Balaban J connectivity index is 1.51. The van der Waals surface area contributed by atoms with E-state index < -0.39 is 15.9 Å². The quantitative estimate of drug-likeness (QED) is 0.388. The van der Waals surface area contributed by atoms with E-state index >= 15 is 0 Å². The van der Waals surface area contributed by atoms with Gasteiger partial charge < -0.3 is 14.6 Å². The first-order chi connectivity index (χ1) is 15.1. The molecule has 1 heterocycles. The van der Waals surface area contributed by atoms with Crippen LogP contribution in [0.25, 0.3) is 0 Å². The van der Waals surface area contributed by atoms with Gasteiger partial charge in [0.05, 0.1) is 4.90 Å². The van der Waals surface area contributed by atoms with Crippen molar-refractivity contribution in [1.29, 1.82) is 0 Å². The van der Waals surface area contributed by atoms with Crippen LogP contribution >= 0.6 is 28.1 Å². The van der Waals surface area contributed by atoms with Gasteiger partial charge in [0.15, 0.2) is 17.5 Å². The minimum atomic E-state index is -3.83. The maximum absolute atomic E-state index is 12.4. The van der Waals surface area contributed by atoms with E-state index in [0.29, 0.717) is 17.2 Å². The van der Waals surface area contributed by atoms with Crippen LogP contribution in [0.1, 0.15) is 11.3 Å². The van der Waals surface area contributed by atoms with Crippen LogP contribution in [-0.4, -0.2) is 31.2 Å². The number of thiocarbonyl (C=S) groups is 1. The van der Waals surface area contributed by atoms with Gasteiger partial charge in [0.1, 0.15) is 11.5 Å². The molecule has 0 fully saturated rings. The average molecular weight is 539 g/mol. The first-order valence-electron chi connectivity index (χ1n) is 9.18. The Morgan fingerprint density at radius 1 is 1.16 bits per heavy atom. The van der Waals surface area contributed by atoms with E-state index in [4.69, 9.17) is 21.5 Å². The highest BCUT2D eigenvalue weighted by Gasteiger charge is 2.16. The lowest BCUT2D eigenvalue weighted by molar-refractivity contribution is -0.121. The molecule has 0 unspecified atom stereocenters. The molecule has 32 heavy (non-hydrogen) atoms. The number of nitrogens with zero attached hydrogens (tertiary/aromatic N) is 1. The molecule has 3 N–H and O–H groups in total. The van der Waals surface area contributed by atoms with Gasteiger partial charge in [-0.15, -0.1) is 0 Å². The maximum Gasteiger partial charge on any atom is 0.264 e. The highest BCUT2D eigenvalue weighted by molar-refractivity contribution is 9.10. The van der Waals surface area contributed by atoms with Crippen molar-refractivity contribution in [3.05, 3.63) is 64.3 Å². The van der Waals surface area contributed by atoms with Gasteiger partial charge in [-0.2, -0.15) is 0 Å². The number of rotatable bonds is 7. The molecule has 3 aromatic rings. The number of halogens is 1. The Hall–Kier alpha value is -2.96. The Bertz CT molecular complexity index is 1240. The molecule has 0 spiro atoms. The molecule has 0 saturated carbocycles. The zero-order valence-electron chi connectivity index (χ0n) is 17.0. The molecule has 1 amide bonds. The van der Waals surface area contributed by atoms with E-state index in [1.807, 2.05) is 19.1 Å². The van der Waals surface area contributed by atoms with Crippen molar-refractivity contribution in [3.63, 3.8) is 0 Å². The maximum atomic E-state index is 12.4. The molecule has 0 aliphatic heterocycles. The molecule has 0 atom stereocenters. The Morgan fingerprint density at radius 3 is 2.50 bits per heavy atom. The highest BCUT2D eigenvalue weighted by Crippen LogP contribution is 2.21. The van der Waals surface area contributed by atoms with Crippen molar-refractivity contribution >= 4 is 60.7 Å². The molecule has 0 saturated heterocycles. The van der Waals surface area contributed by atoms with Crippen LogP contribution in [0.3, 0.4) is 0 Å². The van der Waals surface area contributed by atoms with Gasteiger partial charge in [0, 0.05) is 16.2 Å². The van der Waals surface area contributed by atoms with Crippen LogP contribution < -0.4 is 20.1 Å². The summed E-state index contributed by atoms with van der Waals surface area (Å²) in [6.07, 6.45) is 0. The molecule has 0 aliphatic rings. The largest absolute Gasteiger partial charge is 0.484 e. The zero-order chi connectivity index (χ0) is 23.3. The number of sulfonamides is 1. The fourth-order valence-electron chi connectivity index (χ4n) is 2.51. The summed E-state index contributed by atoms with van der Waals surface area (Å²) in [4.78, 5) is 12.1. The molecule has 0 aliphatic carbocycles. The third-order valence-electron chi connectivity index (χ3n) is 4.04. The van der Waals surface area contributed by atoms with E-state index in [0.717, 1.165) is 10.0 Å². The average Bonchev–Trinajstić information content (AvgIpc) is 3.13. The predicted octanol–water partition coefficient (Wildman–Crippen LogP) is 3.75. The normalized spacial score (nSPS) is 11.0. The van der Waals surface area contributed by atoms with Crippen molar-refractivity contribution in [1.82, 2.24) is 10.5 Å². The minimum Gasteiger partial charge on any atom is -0.484 e. The van der Waals surface area contributed by atoms with Crippen molar-refractivity contribution < 1.29 is 22.5 Å². The topological polar surface area (TPSA) is 123 Å². The molecule has 168 valence electrons. The number of hydrogen-bond donors (Lipinski definition) is 3. The third-order valence-corrected chi connectivity index (χ3v) is 6.51.